The highest BCUT2D eigenvalue weighted by molar-refractivity contribution is 5.80. The molecule has 0 spiro atoms. The van der Waals surface area contributed by atoms with Gasteiger partial charge in [-0.2, -0.15) is 5.10 Å². The van der Waals surface area contributed by atoms with Crippen molar-refractivity contribution in [1.82, 2.24) is 15.1 Å². The van der Waals surface area contributed by atoms with Crippen molar-refractivity contribution >= 4 is 11.6 Å². The molecule has 1 amide bonds. The number of rotatable bonds is 6. The van der Waals surface area contributed by atoms with Crippen LogP contribution in [-0.4, -0.2) is 39.9 Å². The topological polar surface area (TPSA) is 99.3 Å². The Labute approximate surface area is 116 Å². The molecule has 0 aromatic carbocycles. The Balaban J connectivity index is 1.95. The maximum absolute atomic E-state index is 12.1. The molecule has 2 atom stereocenters. The van der Waals surface area contributed by atoms with Gasteiger partial charge in [-0.05, 0) is 19.3 Å². The summed E-state index contributed by atoms with van der Waals surface area (Å²) in [5, 5.41) is 17.3. The van der Waals surface area contributed by atoms with E-state index >= 15 is 0 Å². The lowest BCUT2D eigenvalue weighted by molar-refractivity contribution is -0.385. The van der Waals surface area contributed by atoms with E-state index in [1.54, 1.807) is 0 Å². The van der Waals surface area contributed by atoms with Crippen molar-refractivity contribution in [2.24, 2.45) is 0 Å². The molecule has 0 aliphatic carbocycles. The highest BCUT2D eigenvalue weighted by Crippen LogP contribution is 2.16. The third-order valence-corrected chi connectivity index (χ3v) is 3.34. The number of hydrogen-bond donors (Lipinski definition) is 1. The molecule has 1 aliphatic heterocycles. The molecule has 1 aromatic rings. The first-order chi connectivity index (χ1) is 9.61. The first-order valence-electron chi connectivity index (χ1n) is 6.69. The standard InChI is InChI=1S/C12H18N4O4/c1-2-11(15-8-9(6-14-15)16(18)19)12(17)13-7-10-4-3-5-20-10/h6,8,10-11H,2-5,7H2,1H3,(H,13,17). The van der Waals surface area contributed by atoms with Gasteiger partial charge in [-0.1, -0.05) is 6.92 Å². The summed E-state index contributed by atoms with van der Waals surface area (Å²) in [7, 11) is 0. The van der Waals surface area contributed by atoms with Crippen LogP contribution in [0.25, 0.3) is 0 Å². The van der Waals surface area contributed by atoms with E-state index in [9.17, 15) is 14.9 Å². The Kier molecular flexibility index (Phi) is 4.67. The van der Waals surface area contributed by atoms with Crippen molar-refractivity contribution in [2.45, 2.75) is 38.3 Å². The highest BCUT2D eigenvalue weighted by atomic mass is 16.6. The molecule has 1 aliphatic rings. The summed E-state index contributed by atoms with van der Waals surface area (Å²) in [5.41, 5.74) is -0.115. The minimum atomic E-state index is -0.537. The van der Waals surface area contributed by atoms with Crippen LogP contribution in [-0.2, 0) is 9.53 Å². The smallest absolute Gasteiger partial charge is 0.307 e. The summed E-state index contributed by atoms with van der Waals surface area (Å²) in [6, 6.07) is -0.537. The van der Waals surface area contributed by atoms with E-state index < -0.39 is 11.0 Å². The van der Waals surface area contributed by atoms with Crippen LogP contribution in [0.5, 0.6) is 0 Å². The van der Waals surface area contributed by atoms with Crippen molar-refractivity contribution in [2.75, 3.05) is 13.2 Å². The zero-order chi connectivity index (χ0) is 14.5. The first kappa shape index (κ1) is 14.4. The zero-order valence-corrected chi connectivity index (χ0v) is 11.3. The van der Waals surface area contributed by atoms with E-state index in [4.69, 9.17) is 4.74 Å². The number of hydrogen-bond acceptors (Lipinski definition) is 5. The van der Waals surface area contributed by atoms with Gasteiger partial charge in [0.1, 0.15) is 18.4 Å². The van der Waals surface area contributed by atoms with Crippen molar-refractivity contribution < 1.29 is 14.5 Å². The number of amides is 1. The second-order valence-electron chi connectivity index (χ2n) is 4.74. The van der Waals surface area contributed by atoms with Gasteiger partial charge in [0, 0.05) is 13.2 Å². The van der Waals surface area contributed by atoms with Crippen LogP contribution < -0.4 is 5.32 Å². The molecular formula is C12H18N4O4. The van der Waals surface area contributed by atoms with Crippen molar-refractivity contribution in [1.29, 1.82) is 0 Å². The summed E-state index contributed by atoms with van der Waals surface area (Å²) < 4.78 is 6.77. The number of carbonyl (C=O) groups excluding carboxylic acids is 1. The summed E-state index contributed by atoms with van der Waals surface area (Å²) in [6.45, 7) is 3.05. The normalized spacial score (nSPS) is 19.8. The van der Waals surface area contributed by atoms with Gasteiger partial charge in [0.2, 0.25) is 5.91 Å². The molecule has 2 heterocycles. The minimum Gasteiger partial charge on any atom is -0.376 e. The number of nitrogens with zero attached hydrogens (tertiary/aromatic N) is 3. The van der Waals surface area contributed by atoms with Crippen molar-refractivity contribution in [3.63, 3.8) is 0 Å². The molecule has 1 N–H and O–H groups in total. The summed E-state index contributed by atoms with van der Waals surface area (Å²) in [5.74, 6) is -0.194. The molecule has 8 heteroatoms. The van der Waals surface area contributed by atoms with Crippen molar-refractivity contribution in [3.8, 4) is 0 Å². The lowest BCUT2D eigenvalue weighted by atomic mass is 10.2. The summed E-state index contributed by atoms with van der Waals surface area (Å²) in [6.07, 6.45) is 4.97. The monoisotopic (exact) mass is 282 g/mol. The van der Waals surface area contributed by atoms with Gasteiger partial charge in [-0.3, -0.25) is 19.6 Å². The molecule has 1 aromatic heterocycles. The predicted octanol–water partition coefficient (Wildman–Crippen LogP) is 1.04. The molecule has 0 bridgehead atoms. The third kappa shape index (κ3) is 3.32. The van der Waals surface area contributed by atoms with Gasteiger partial charge >= 0.3 is 5.69 Å². The Morgan fingerprint density at radius 3 is 3.10 bits per heavy atom. The average Bonchev–Trinajstić information content (AvgIpc) is 3.08. The Morgan fingerprint density at radius 1 is 1.75 bits per heavy atom. The van der Waals surface area contributed by atoms with Gasteiger partial charge < -0.3 is 10.1 Å². The fourth-order valence-electron chi connectivity index (χ4n) is 2.22. The lowest BCUT2D eigenvalue weighted by Crippen LogP contribution is -2.37. The third-order valence-electron chi connectivity index (χ3n) is 3.34. The van der Waals surface area contributed by atoms with Gasteiger partial charge in [-0.25, -0.2) is 0 Å². The van der Waals surface area contributed by atoms with Crippen LogP contribution in [0.3, 0.4) is 0 Å². The van der Waals surface area contributed by atoms with E-state index in [0.717, 1.165) is 25.6 Å². The number of ether oxygens (including phenoxy) is 1. The molecule has 0 saturated carbocycles. The van der Waals surface area contributed by atoms with E-state index in [1.807, 2.05) is 6.92 Å². The number of carbonyl (C=O) groups is 1. The van der Waals surface area contributed by atoms with E-state index in [0.29, 0.717) is 13.0 Å². The first-order valence-corrected chi connectivity index (χ1v) is 6.69. The van der Waals surface area contributed by atoms with Crippen LogP contribution in [0.15, 0.2) is 12.4 Å². The molecule has 2 rings (SSSR count). The SMILES string of the molecule is CCC(C(=O)NCC1CCCO1)n1cc([N+](=O)[O-])cn1. The van der Waals surface area contributed by atoms with Crippen LogP contribution in [0.2, 0.25) is 0 Å². The molecule has 1 fully saturated rings. The Bertz CT molecular complexity index is 482. The molecule has 0 radical (unpaired) electrons. The Morgan fingerprint density at radius 2 is 2.55 bits per heavy atom. The average molecular weight is 282 g/mol. The van der Waals surface area contributed by atoms with E-state index in [2.05, 4.69) is 10.4 Å². The van der Waals surface area contributed by atoms with Crippen molar-refractivity contribution in [3.05, 3.63) is 22.5 Å². The fourth-order valence-corrected chi connectivity index (χ4v) is 2.22. The van der Waals surface area contributed by atoms with Crippen LogP contribution in [0.1, 0.15) is 32.2 Å². The van der Waals surface area contributed by atoms with E-state index in [1.165, 1.54) is 10.9 Å². The molecular weight excluding hydrogens is 264 g/mol. The molecule has 1 saturated heterocycles. The minimum absolute atomic E-state index is 0.0726. The molecule has 20 heavy (non-hydrogen) atoms. The fraction of sp³-hybridized carbons (Fsp3) is 0.667. The molecule has 8 nitrogen and oxygen atoms in total. The van der Waals surface area contributed by atoms with E-state index in [-0.39, 0.29) is 17.7 Å². The number of aromatic nitrogens is 2. The van der Waals surface area contributed by atoms with Gasteiger partial charge in [0.25, 0.3) is 0 Å². The van der Waals surface area contributed by atoms with Crippen LogP contribution >= 0.6 is 0 Å². The van der Waals surface area contributed by atoms with Gasteiger partial charge in [-0.15, -0.1) is 0 Å². The van der Waals surface area contributed by atoms with Crippen LogP contribution in [0.4, 0.5) is 5.69 Å². The number of nitro groups is 1. The summed E-state index contributed by atoms with van der Waals surface area (Å²) >= 11 is 0. The predicted molar refractivity (Wildman–Crippen MR) is 70.2 cm³/mol. The zero-order valence-electron chi connectivity index (χ0n) is 11.3. The Hall–Kier alpha value is -1.96. The second-order valence-corrected chi connectivity index (χ2v) is 4.74. The van der Waals surface area contributed by atoms with Gasteiger partial charge in [0.15, 0.2) is 0 Å². The quantitative estimate of drug-likeness (QED) is 0.620. The van der Waals surface area contributed by atoms with Gasteiger partial charge in [0.05, 0.1) is 11.0 Å². The lowest BCUT2D eigenvalue weighted by Gasteiger charge is -2.17. The maximum Gasteiger partial charge on any atom is 0.307 e. The number of nitrogens with one attached hydrogen (secondary N) is 1. The molecule has 110 valence electrons. The second kappa shape index (κ2) is 6.47. The van der Waals surface area contributed by atoms with Crippen LogP contribution in [0, 0.1) is 10.1 Å². The highest BCUT2D eigenvalue weighted by Gasteiger charge is 2.23. The molecule has 2 unspecified atom stereocenters. The maximum atomic E-state index is 12.1. The largest absolute Gasteiger partial charge is 0.376 e. The summed E-state index contributed by atoms with van der Waals surface area (Å²) in [4.78, 5) is 22.2.